The summed E-state index contributed by atoms with van der Waals surface area (Å²) in [5.41, 5.74) is 3.61. The topological polar surface area (TPSA) is 56.7 Å². The highest BCUT2D eigenvalue weighted by Crippen LogP contribution is 2.25. The maximum Gasteiger partial charge on any atom is 0.160 e. The van der Waals surface area contributed by atoms with Crippen molar-refractivity contribution in [2.24, 2.45) is 0 Å². The predicted molar refractivity (Wildman–Crippen MR) is 72.1 cm³/mol. The van der Waals surface area contributed by atoms with Gasteiger partial charge in [0, 0.05) is 12.3 Å². The van der Waals surface area contributed by atoms with Gasteiger partial charge in [0.1, 0.15) is 23.3 Å². The van der Waals surface area contributed by atoms with Gasteiger partial charge in [0.25, 0.3) is 0 Å². The number of aromatic nitrogens is 4. The fourth-order valence-electron chi connectivity index (χ4n) is 2.10. The van der Waals surface area contributed by atoms with Crippen LogP contribution in [0.1, 0.15) is 29.4 Å². The van der Waals surface area contributed by atoms with Crippen LogP contribution in [0.5, 0.6) is 0 Å². The van der Waals surface area contributed by atoms with Gasteiger partial charge in [-0.15, -0.1) is 11.6 Å². The van der Waals surface area contributed by atoms with Crippen LogP contribution in [-0.4, -0.2) is 19.7 Å². The van der Waals surface area contributed by atoms with Gasteiger partial charge in [0.2, 0.25) is 0 Å². The Bertz CT molecular complexity index is 703. The average molecular weight is 277 g/mol. The summed E-state index contributed by atoms with van der Waals surface area (Å²) in [4.78, 5) is 9.01. The van der Waals surface area contributed by atoms with Crippen LogP contribution in [-0.2, 0) is 6.54 Å². The molecule has 0 N–H and O–H groups in total. The molecule has 3 rings (SSSR count). The lowest BCUT2D eigenvalue weighted by Gasteiger charge is -2.07. The van der Waals surface area contributed by atoms with E-state index in [1.165, 1.54) is 0 Å². The second-order valence-electron chi connectivity index (χ2n) is 4.46. The Morgan fingerprint density at radius 1 is 1.42 bits per heavy atom. The maximum absolute atomic E-state index is 6.22. The van der Waals surface area contributed by atoms with E-state index in [0.29, 0.717) is 6.54 Å². The van der Waals surface area contributed by atoms with Gasteiger partial charge in [0.05, 0.1) is 11.9 Å². The molecule has 98 valence electrons. The number of pyridine rings is 1. The summed E-state index contributed by atoms with van der Waals surface area (Å²) in [7, 11) is 0. The molecular weight excluding hydrogens is 264 g/mol. The molecule has 0 radical (unpaired) electrons. The summed E-state index contributed by atoms with van der Waals surface area (Å²) in [6, 6.07) is 3.77. The molecule has 1 unspecified atom stereocenters. The zero-order valence-electron chi connectivity index (χ0n) is 10.7. The van der Waals surface area contributed by atoms with Crippen LogP contribution < -0.4 is 0 Å². The molecule has 0 saturated carbocycles. The van der Waals surface area contributed by atoms with E-state index in [1.807, 2.05) is 30.5 Å². The van der Waals surface area contributed by atoms with E-state index in [9.17, 15) is 0 Å². The monoisotopic (exact) mass is 276 g/mol. The number of alkyl halides is 1. The Morgan fingerprint density at radius 3 is 2.95 bits per heavy atom. The highest BCUT2D eigenvalue weighted by Gasteiger charge is 2.17. The van der Waals surface area contributed by atoms with Gasteiger partial charge < -0.3 is 9.09 Å². The van der Waals surface area contributed by atoms with Gasteiger partial charge >= 0.3 is 0 Å². The van der Waals surface area contributed by atoms with Crippen LogP contribution in [0, 0.1) is 6.92 Å². The van der Waals surface area contributed by atoms with Crippen LogP contribution in [0.3, 0.4) is 0 Å². The van der Waals surface area contributed by atoms with Crippen LogP contribution in [0.25, 0.3) is 11.2 Å². The first kappa shape index (κ1) is 12.2. The predicted octanol–water partition coefficient (Wildman–Crippen LogP) is 3.08. The van der Waals surface area contributed by atoms with Crippen molar-refractivity contribution in [1.29, 1.82) is 0 Å². The van der Waals surface area contributed by atoms with Crippen molar-refractivity contribution in [3.05, 3.63) is 41.7 Å². The first-order valence-electron chi connectivity index (χ1n) is 6.02. The van der Waals surface area contributed by atoms with Gasteiger partial charge in [-0.25, -0.2) is 9.97 Å². The SMILES string of the molecule is Cc1ccnc2c1nc(C(C)Cl)n2Cc1ccon1. The van der Waals surface area contributed by atoms with E-state index >= 15 is 0 Å². The summed E-state index contributed by atoms with van der Waals surface area (Å²) >= 11 is 6.22. The van der Waals surface area contributed by atoms with Gasteiger partial charge in [-0.3, -0.25) is 0 Å². The third-order valence-electron chi connectivity index (χ3n) is 3.03. The van der Waals surface area contributed by atoms with Crippen molar-refractivity contribution in [1.82, 2.24) is 19.7 Å². The van der Waals surface area contributed by atoms with Gasteiger partial charge in [-0.1, -0.05) is 5.16 Å². The van der Waals surface area contributed by atoms with E-state index in [2.05, 4.69) is 15.1 Å². The minimum atomic E-state index is -0.194. The van der Waals surface area contributed by atoms with Crippen molar-refractivity contribution in [3.63, 3.8) is 0 Å². The van der Waals surface area contributed by atoms with Crippen molar-refractivity contribution < 1.29 is 4.52 Å². The first-order chi connectivity index (χ1) is 9.16. The summed E-state index contributed by atoms with van der Waals surface area (Å²) in [6.45, 7) is 4.47. The number of hydrogen-bond acceptors (Lipinski definition) is 4. The number of rotatable bonds is 3. The number of aryl methyl sites for hydroxylation is 1. The molecule has 0 bridgehead atoms. The fraction of sp³-hybridized carbons (Fsp3) is 0.308. The summed E-state index contributed by atoms with van der Waals surface area (Å²) in [6.07, 6.45) is 3.33. The average Bonchev–Trinajstić information content (AvgIpc) is 2.99. The second kappa shape index (κ2) is 4.66. The molecular formula is C13H13ClN4O. The van der Waals surface area contributed by atoms with Gasteiger partial charge in [-0.05, 0) is 25.5 Å². The molecule has 0 fully saturated rings. The van der Waals surface area contributed by atoms with Crippen LogP contribution in [0.4, 0.5) is 0 Å². The zero-order chi connectivity index (χ0) is 13.4. The largest absolute Gasteiger partial charge is 0.364 e. The number of nitrogens with zero attached hydrogens (tertiary/aromatic N) is 4. The van der Waals surface area contributed by atoms with Crippen molar-refractivity contribution in [2.45, 2.75) is 25.8 Å². The zero-order valence-corrected chi connectivity index (χ0v) is 11.4. The Balaban J connectivity index is 2.19. The molecule has 0 amide bonds. The molecule has 0 aromatic carbocycles. The molecule has 0 spiro atoms. The smallest absolute Gasteiger partial charge is 0.160 e. The molecule has 0 aliphatic heterocycles. The Labute approximate surface area is 115 Å². The molecule has 3 aromatic rings. The van der Waals surface area contributed by atoms with E-state index in [-0.39, 0.29) is 5.38 Å². The van der Waals surface area contributed by atoms with E-state index in [4.69, 9.17) is 16.1 Å². The molecule has 5 nitrogen and oxygen atoms in total. The van der Waals surface area contributed by atoms with E-state index in [1.54, 1.807) is 12.5 Å². The summed E-state index contributed by atoms with van der Waals surface area (Å²) in [5.74, 6) is 0.793. The first-order valence-corrected chi connectivity index (χ1v) is 6.45. The van der Waals surface area contributed by atoms with Crippen molar-refractivity contribution >= 4 is 22.8 Å². The third kappa shape index (κ3) is 2.10. The van der Waals surface area contributed by atoms with Crippen molar-refractivity contribution in [2.75, 3.05) is 0 Å². The van der Waals surface area contributed by atoms with E-state index < -0.39 is 0 Å². The van der Waals surface area contributed by atoms with Gasteiger partial charge in [-0.2, -0.15) is 0 Å². The number of halogens is 1. The molecule has 0 aliphatic carbocycles. The van der Waals surface area contributed by atoms with Crippen molar-refractivity contribution in [3.8, 4) is 0 Å². The number of hydrogen-bond donors (Lipinski definition) is 0. The number of fused-ring (bicyclic) bond motifs is 1. The third-order valence-corrected chi connectivity index (χ3v) is 3.23. The molecule has 19 heavy (non-hydrogen) atoms. The number of imidazole rings is 1. The molecule has 1 atom stereocenters. The second-order valence-corrected chi connectivity index (χ2v) is 5.12. The Morgan fingerprint density at radius 2 is 2.26 bits per heavy atom. The lowest BCUT2D eigenvalue weighted by atomic mass is 10.3. The maximum atomic E-state index is 6.22. The minimum Gasteiger partial charge on any atom is -0.364 e. The van der Waals surface area contributed by atoms with Crippen LogP contribution in [0.15, 0.2) is 29.1 Å². The molecule has 3 aromatic heterocycles. The molecule has 0 aliphatic rings. The van der Waals surface area contributed by atoms with Crippen LogP contribution >= 0.6 is 11.6 Å². The molecule has 3 heterocycles. The molecule has 6 heteroatoms. The fourth-order valence-corrected chi connectivity index (χ4v) is 2.26. The van der Waals surface area contributed by atoms with Crippen LogP contribution in [0.2, 0.25) is 0 Å². The van der Waals surface area contributed by atoms with E-state index in [0.717, 1.165) is 28.2 Å². The standard InChI is InChI=1S/C13H13ClN4O/c1-8-3-5-15-13-11(8)16-12(9(2)14)18(13)7-10-4-6-19-17-10/h3-6,9H,7H2,1-2H3. The summed E-state index contributed by atoms with van der Waals surface area (Å²) < 4.78 is 6.85. The highest BCUT2D eigenvalue weighted by molar-refractivity contribution is 6.20. The lowest BCUT2D eigenvalue weighted by molar-refractivity contribution is 0.409. The molecule has 0 saturated heterocycles. The Hall–Kier alpha value is -1.88. The lowest BCUT2D eigenvalue weighted by Crippen LogP contribution is -2.06. The quantitative estimate of drug-likeness (QED) is 0.690. The summed E-state index contributed by atoms with van der Waals surface area (Å²) in [5, 5.41) is 3.73. The highest BCUT2D eigenvalue weighted by atomic mass is 35.5. The van der Waals surface area contributed by atoms with Gasteiger partial charge in [0.15, 0.2) is 5.65 Å². The Kier molecular flexibility index (Phi) is 2.98. The minimum absolute atomic E-state index is 0.194. The normalized spacial score (nSPS) is 13.0.